The topological polar surface area (TPSA) is 67.6 Å². The molecule has 1 N–H and O–H groups in total. The van der Waals surface area contributed by atoms with Crippen LogP contribution in [0.1, 0.15) is 23.7 Å². The minimum absolute atomic E-state index is 0.0177. The molecular weight excluding hydrogens is 414 g/mol. The van der Waals surface area contributed by atoms with Gasteiger partial charge < -0.3 is 19.3 Å². The number of hydrogen-bond acceptors (Lipinski definition) is 4. The SMILES string of the molecule is O=C1C[C@H](c2nc3ccccc3n2C[C@H](O)COc2ccccc2)CN1Cc1ccccc1. The number of amides is 1. The highest BCUT2D eigenvalue weighted by molar-refractivity contribution is 5.81. The molecule has 2 atom stereocenters. The predicted molar refractivity (Wildman–Crippen MR) is 127 cm³/mol. The molecule has 1 amide bonds. The molecule has 33 heavy (non-hydrogen) atoms. The number of imidazole rings is 1. The number of hydrogen-bond donors (Lipinski definition) is 1. The quantitative estimate of drug-likeness (QED) is 0.449. The summed E-state index contributed by atoms with van der Waals surface area (Å²) in [5.74, 6) is 1.69. The summed E-state index contributed by atoms with van der Waals surface area (Å²) >= 11 is 0. The molecule has 0 aliphatic carbocycles. The van der Waals surface area contributed by atoms with E-state index in [4.69, 9.17) is 9.72 Å². The fourth-order valence-corrected chi connectivity index (χ4v) is 4.47. The van der Waals surface area contributed by atoms with Crippen molar-refractivity contribution >= 4 is 16.9 Å². The van der Waals surface area contributed by atoms with Crippen LogP contribution in [0, 0.1) is 0 Å². The molecule has 3 aromatic carbocycles. The van der Waals surface area contributed by atoms with E-state index in [1.54, 1.807) is 0 Å². The standard InChI is InChI=1S/C27H27N3O3/c31-22(19-33-23-11-5-2-6-12-23)18-30-25-14-8-7-13-24(25)28-27(30)21-15-26(32)29(17-21)16-20-9-3-1-4-10-20/h1-14,21-22,31H,15-19H2/t21-,22-/m0/s1. The molecule has 5 rings (SSSR count). The predicted octanol–water partition coefficient (Wildman–Crippen LogP) is 3.99. The van der Waals surface area contributed by atoms with Crippen LogP contribution in [0.2, 0.25) is 0 Å². The molecule has 0 spiro atoms. The smallest absolute Gasteiger partial charge is 0.223 e. The van der Waals surface area contributed by atoms with Crippen LogP contribution in [-0.4, -0.2) is 44.7 Å². The Hall–Kier alpha value is -3.64. The number of aliphatic hydroxyl groups is 1. The van der Waals surface area contributed by atoms with Gasteiger partial charge in [0, 0.05) is 25.4 Å². The number of aliphatic hydroxyl groups excluding tert-OH is 1. The summed E-state index contributed by atoms with van der Waals surface area (Å²) in [6.07, 6.45) is -0.286. The first-order valence-corrected chi connectivity index (χ1v) is 11.3. The lowest BCUT2D eigenvalue weighted by Crippen LogP contribution is -2.26. The zero-order valence-electron chi connectivity index (χ0n) is 18.4. The van der Waals surface area contributed by atoms with Crippen molar-refractivity contribution in [3.05, 3.63) is 96.3 Å². The Balaban J connectivity index is 1.35. The highest BCUT2D eigenvalue weighted by Crippen LogP contribution is 2.31. The van der Waals surface area contributed by atoms with E-state index in [-0.39, 0.29) is 18.4 Å². The van der Waals surface area contributed by atoms with Crippen molar-refractivity contribution in [2.24, 2.45) is 0 Å². The molecule has 1 aliphatic heterocycles. The first-order chi connectivity index (χ1) is 16.2. The van der Waals surface area contributed by atoms with Gasteiger partial charge in [-0.1, -0.05) is 60.7 Å². The van der Waals surface area contributed by atoms with E-state index in [2.05, 4.69) is 4.57 Å². The minimum atomic E-state index is -0.709. The lowest BCUT2D eigenvalue weighted by molar-refractivity contribution is -0.128. The lowest BCUT2D eigenvalue weighted by atomic mass is 10.1. The second-order valence-electron chi connectivity index (χ2n) is 8.51. The molecule has 1 aromatic heterocycles. The Morgan fingerprint density at radius 2 is 1.67 bits per heavy atom. The highest BCUT2D eigenvalue weighted by Gasteiger charge is 2.34. The van der Waals surface area contributed by atoms with Crippen molar-refractivity contribution in [3.63, 3.8) is 0 Å². The van der Waals surface area contributed by atoms with Crippen molar-refractivity contribution in [2.75, 3.05) is 13.2 Å². The maximum absolute atomic E-state index is 12.8. The van der Waals surface area contributed by atoms with Gasteiger partial charge in [-0.25, -0.2) is 4.98 Å². The van der Waals surface area contributed by atoms with Gasteiger partial charge in [0.25, 0.3) is 0 Å². The maximum Gasteiger partial charge on any atom is 0.223 e. The summed E-state index contributed by atoms with van der Waals surface area (Å²) in [5.41, 5.74) is 2.95. The van der Waals surface area contributed by atoms with Crippen LogP contribution in [0.4, 0.5) is 0 Å². The third kappa shape index (κ3) is 4.76. The second kappa shape index (κ2) is 9.46. The van der Waals surface area contributed by atoms with Crippen LogP contribution in [0.15, 0.2) is 84.9 Å². The van der Waals surface area contributed by atoms with Gasteiger partial charge in [-0.05, 0) is 29.8 Å². The average Bonchev–Trinajstić information content (AvgIpc) is 3.39. The number of benzene rings is 3. The summed E-state index contributed by atoms with van der Waals surface area (Å²) in [7, 11) is 0. The molecule has 168 valence electrons. The van der Waals surface area contributed by atoms with Crippen LogP contribution in [-0.2, 0) is 17.9 Å². The van der Waals surface area contributed by atoms with Gasteiger partial charge in [0.1, 0.15) is 24.3 Å². The third-order valence-electron chi connectivity index (χ3n) is 6.06. The van der Waals surface area contributed by atoms with E-state index in [1.165, 1.54) is 0 Å². The Labute approximate surface area is 193 Å². The number of likely N-dealkylation sites (tertiary alicyclic amines) is 1. The minimum Gasteiger partial charge on any atom is -0.491 e. The van der Waals surface area contributed by atoms with Crippen molar-refractivity contribution < 1.29 is 14.6 Å². The molecule has 0 unspecified atom stereocenters. The lowest BCUT2D eigenvalue weighted by Gasteiger charge is -2.19. The molecule has 1 aliphatic rings. The van der Waals surface area contributed by atoms with Gasteiger partial charge in [-0.2, -0.15) is 0 Å². The van der Waals surface area contributed by atoms with Crippen LogP contribution in [0.25, 0.3) is 11.0 Å². The van der Waals surface area contributed by atoms with Crippen LogP contribution >= 0.6 is 0 Å². The van der Waals surface area contributed by atoms with E-state index in [0.717, 1.165) is 28.2 Å². The van der Waals surface area contributed by atoms with Crippen molar-refractivity contribution in [2.45, 2.75) is 31.5 Å². The second-order valence-corrected chi connectivity index (χ2v) is 8.51. The van der Waals surface area contributed by atoms with Crippen LogP contribution in [0.3, 0.4) is 0 Å². The Morgan fingerprint density at radius 1 is 0.970 bits per heavy atom. The molecule has 1 fully saturated rings. The van der Waals surface area contributed by atoms with E-state index >= 15 is 0 Å². The molecule has 1 saturated heterocycles. The number of nitrogens with zero attached hydrogens (tertiary/aromatic N) is 3. The molecular formula is C27H27N3O3. The van der Waals surface area contributed by atoms with E-state index in [9.17, 15) is 9.90 Å². The van der Waals surface area contributed by atoms with Crippen molar-refractivity contribution in [3.8, 4) is 5.75 Å². The summed E-state index contributed by atoms with van der Waals surface area (Å²) in [6.45, 7) is 1.75. The van der Waals surface area contributed by atoms with E-state index in [0.29, 0.717) is 26.1 Å². The number of rotatable bonds is 8. The highest BCUT2D eigenvalue weighted by atomic mass is 16.5. The fraction of sp³-hybridized carbons (Fsp3) is 0.259. The van der Waals surface area contributed by atoms with Crippen LogP contribution in [0.5, 0.6) is 5.75 Å². The van der Waals surface area contributed by atoms with Gasteiger partial charge >= 0.3 is 0 Å². The molecule has 0 saturated carbocycles. The summed E-state index contributed by atoms with van der Waals surface area (Å²) in [4.78, 5) is 19.6. The number of carbonyl (C=O) groups excluding carboxylic acids is 1. The molecule has 6 nitrogen and oxygen atoms in total. The Kier molecular flexibility index (Phi) is 6.09. The van der Waals surface area contributed by atoms with E-state index < -0.39 is 6.10 Å². The summed E-state index contributed by atoms with van der Waals surface area (Å²) in [6, 6.07) is 27.4. The average molecular weight is 442 g/mol. The largest absolute Gasteiger partial charge is 0.491 e. The number of para-hydroxylation sites is 3. The normalized spacial score (nSPS) is 16.9. The van der Waals surface area contributed by atoms with Gasteiger partial charge in [-0.15, -0.1) is 0 Å². The van der Waals surface area contributed by atoms with E-state index in [1.807, 2.05) is 89.8 Å². The first-order valence-electron chi connectivity index (χ1n) is 11.3. The molecule has 4 aromatic rings. The van der Waals surface area contributed by atoms with Gasteiger partial charge in [0.2, 0.25) is 5.91 Å². The molecule has 2 heterocycles. The third-order valence-corrected chi connectivity index (χ3v) is 6.06. The zero-order chi connectivity index (χ0) is 22.6. The zero-order valence-corrected chi connectivity index (χ0v) is 18.4. The van der Waals surface area contributed by atoms with Gasteiger partial charge in [0.15, 0.2) is 0 Å². The Morgan fingerprint density at radius 3 is 2.45 bits per heavy atom. The molecule has 0 radical (unpaired) electrons. The van der Waals surface area contributed by atoms with Crippen LogP contribution < -0.4 is 4.74 Å². The number of ether oxygens (including phenoxy) is 1. The molecule has 6 heteroatoms. The number of aromatic nitrogens is 2. The maximum atomic E-state index is 12.8. The number of carbonyl (C=O) groups is 1. The number of fused-ring (bicyclic) bond motifs is 1. The first kappa shape index (κ1) is 21.2. The van der Waals surface area contributed by atoms with Gasteiger partial charge in [-0.3, -0.25) is 4.79 Å². The monoisotopic (exact) mass is 441 g/mol. The summed E-state index contributed by atoms with van der Waals surface area (Å²) in [5, 5.41) is 10.8. The van der Waals surface area contributed by atoms with Gasteiger partial charge in [0.05, 0.1) is 17.6 Å². The fourth-order valence-electron chi connectivity index (χ4n) is 4.47. The van der Waals surface area contributed by atoms with Crippen molar-refractivity contribution in [1.29, 1.82) is 0 Å². The summed E-state index contributed by atoms with van der Waals surface area (Å²) < 4.78 is 7.80. The van der Waals surface area contributed by atoms with Crippen molar-refractivity contribution in [1.82, 2.24) is 14.5 Å². The molecule has 0 bridgehead atoms. The Bertz CT molecular complexity index is 1220.